The number of carbonyl (C=O) groups excluding carboxylic acids is 2. The first-order valence-electron chi connectivity index (χ1n) is 6.53. The van der Waals surface area contributed by atoms with Gasteiger partial charge in [-0.25, -0.2) is 4.79 Å². The summed E-state index contributed by atoms with van der Waals surface area (Å²) in [6.45, 7) is 7.31. The van der Waals surface area contributed by atoms with Crippen LogP contribution in [-0.2, 0) is 4.74 Å². The maximum atomic E-state index is 11.4. The molecule has 1 aromatic rings. The molecule has 0 saturated carbocycles. The molecule has 4 nitrogen and oxygen atoms in total. The maximum absolute atomic E-state index is 11.4. The summed E-state index contributed by atoms with van der Waals surface area (Å²) in [7, 11) is 0. The van der Waals surface area contributed by atoms with Crippen LogP contribution in [-0.4, -0.2) is 24.0 Å². The van der Waals surface area contributed by atoms with Crippen LogP contribution < -0.4 is 5.32 Å². The van der Waals surface area contributed by atoms with Crippen molar-refractivity contribution >= 4 is 18.0 Å². The van der Waals surface area contributed by atoms with Crippen LogP contribution in [0.15, 0.2) is 30.3 Å². The second kappa shape index (κ2) is 6.89. The summed E-state index contributed by atoms with van der Waals surface area (Å²) >= 11 is 0. The van der Waals surface area contributed by atoms with Gasteiger partial charge < -0.3 is 10.1 Å². The first-order valence-corrected chi connectivity index (χ1v) is 6.53. The van der Waals surface area contributed by atoms with E-state index in [0.29, 0.717) is 12.1 Å². The van der Waals surface area contributed by atoms with E-state index < -0.39 is 11.7 Å². The van der Waals surface area contributed by atoms with Crippen LogP contribution in [0.2, 0.25) is 0 Å². The summed E-state index contributed by atoms with van der Waals surface area (Å²) in [5.74, 6) is 0.0188. The van der Waals surface area contributed by atoms with Gasteiger partial charge in [0.1, 0.15) is 5.60 Å². The fraction of sp³-hybridized carbons (Fsp3) is 0.375. The van der Waals surface area contributed by atoms with Gasteiger partial charge in [0.05, 0.1) is 0 Å². The number of rotatable bonds is 4. The van der Waals surface area contributed by atoms with Crippen molar-refractivity contribution in [3.05, 3.63) is 41.5 Å². The Kier molecular flexibility index (Phi) is 5.50. The molecule has 0 heterocycles. The number of nitrogens with one attached hydrogen (secondary N) is 1. The number of ether oxygens (including phenoxy) is 1. The van der Waals surface area contributed by atoms with Gasteiger partial charge in [0, 0.05) is 12.1 Å². The average molecular weight is 275 g/mol. The van der Waals surface area contributed by atoms with Crippen LogP contribution in [0.1, 0.15) is 43.6 Å². The standard InChI is InChI=1S/C16H21NO3/c1-12(18)14-10-6-5-8-13(14)9-7-11-17-15(19)20-16(2,3)4/h5-10H,11H2,1-4H3,(H,17,19). The quantitative estimate of drug-likeness (QED) is 0.856. The number of hydrogen-bond acceptors (Lipinski definition) is 3. The molecule has 0 saturated heterocycles. The Morgan fingerprint density at radius 3 is 2.50 bits per heavy atom. The summed E-state index contributed by atoms with van der Waals surface area (Å²) < 4.78 is 5.11. The topological polar surface area (TPSA) is 55.4 Å². The van der Waals surface area contributed by atoms with Crippen molar-refractivity contribution in [2.45, 2.75) is 33.3 Å². The molecule has 0 aliphatic rings. The molecule has 4 heteroatoms. The molecule has 0 aliphatic heterocycles. The van der Waals surface area contributed by atoms with Crippen molar-refractivity contribution in [3.8, 4) is 0 Å². The summed E-state index contributed by atoms with van der Waals surface area (Å²) in [6, 6.07) is 7.34. The predicted octanol–water partition coefficient (Wildman–Crippen LogP) is 3.43. The lowest BCUT2D eigenvalue weighted by atomic mass is 10.0. The molecule has 1 aromatic carbocycles. The van der Waals surface area contributed by atoms with E-state index >= 15 is 0 Å². The van der Waals surface area contributed by atoms with Crippen LogP contribution in [0.25, 0.3) is 6.08 Å². The van der Waals surface area contributed by atoms with E-state index in [4.69, 9.17) is 4.74 Å². The number of ketones is 1. The van der Waals surface area contributed by atoms with Crippen molar-refractivity contribution in [2.24, 2.45) is 0 Å². The van der Waals surface area contributed by atoms with Crippen molar-refractivity contribution < 1.29 is 14.3 Å². The molecule has 0 aliphatic carbocycles. The molecular formula is C16H21NO3. The van der Waals surface area contributed by atoms with Gasteiger partial charge >= 0.3 is 6.09 Å². The van der Waals surface area contributed by atoms with E-state index in [9.17, 15) is 9.59 Å². The number of carbonyl (C=O) groups is 2. The Balaban J connectivity index is 2.54. The Labute approximate surface area is 119 Å². The highest BCUT2D eigenvalue weighted by molar-refractivity contribution is 5.97. The van der Waals surface area contributed by atoms with E-state index in [2.05, 4.69) is 5.32 Å². The van der Waals surface area contributed by atoms with Crippen LogP contribution in [0.5, 0.6) is 0 Å². The number of alkyl carbamates (subject to hydrolysis) is 1. The number of amides is 1. The highest BCUT2D eigenvalue weighted by Gasteiger charge is 2.14. The zero-order valence-corrected chi connectivity index (χ0v) is 12.4. The second-order valence-corrected chi connectivity index (χ2v) is 5.43. The van der Waals surface area contributed by atoms with Gasteiger partial charge in [0.2, 0.25) is 0 Å². The molecule has 1 rings (SSSR count). The van der Waals surface area contributed by atoms with Crippen molar-refractivity contribution in [1.29, 1.82) is 0 Å². The predicted molar refractivity (Wildman–Crippen MR) is 79.7 cm³/mol. The fourth-order valence-electron chi connectivity index (χ4n) is 1.61. The van der Waals surface area contributed by atoms with E-state index in [1.807, 2.05) is 45.0 Å². The average Bonchev–Trinajstić information content (AvgIpc) is 2.33. The molecule has 20 heavy (non-hydrogen) atoms. The van der Waals surface area contributed by atoms with Crippen LogP contribution >= 0.6 is 0 Å². The third-order valence-electron chi connectivity index (χ3n) is 2.40. The van der Waals surface area contributed by atoms with E-state index in [-0.39, 0.29) is 5.78 Å². The Morgan fingerprint density at radius 2 is 1.90 bits per heavy atom. The van der Waals surface area contributed by atoms with Crippen LogP contribution in [0.3, 0.4) is 0 Å². The van der Waals surface area contributed by atoms with Gasteiger partial charge in [-0.1, -0.05) is 36.4 Å². The second-order valence-electron chi connectivity index (χ2n) is 5.43. The number of Topliss-reactive ketones (excluding diaryl/α,β-unsaturated/α-hetero) is 1. The van der Waals surface area contributed by atoms with Crippen LogP contribution in [0.4, 0.5) is 4.79 Å². The summed E-state index contributed by atoms with van der Waals surface area (Å²) in [6.07, 6.45) is 3.14. The third kappa shape index (κ3) is 5.69. The Bertz CT molecular complexity index is 513. The molecule has 0 spiro atoms. The highest BCUT2D eigenvalue weighted by atomic mass is 16.6. The molecule has 1 N–H and O–H groups in total. The first kappa shape index (κ1) is 16.0. The zero-order valence-electron chi connectivity index (χ0n) is 12.4. The first-order chi connectivity index (χ1) is 9.29. The lowest BCUT2D eigenvalue weighted by molar-refractivity contribution is 0.0534. The van der Waals surface area contributed by atoms with Gasteiger partial charge in [-0.05, 0) is 33.3 Å². The SMILES string of the molecule is CC(=O)c1ccccc1C=CCNC(=O)OC(C)(C)C. The minimum Gasteiger partial charge on any atom is -0.444 e. The maximum Gasteiger partial charge on any atom is 0.407 e. The number of benzene rings is 1. The molecule has 0 bridgehead atoms. The number of hydrogen-bond donors (Lipinski definition) is 1. The molecule has 0 aromatic heterocycles. The summed E-state index contributed by atoms with van der Waals surface area (Å²) in [4.78, 5) is 22.9. The van der Waals surface area contributed by atoms with Gasteiger partial charge in [-0.3, -0.25) is 4.79 Å². The van der Waals surface area contributed by atoms with Crippen molar-refractivity contribution in [1.82, 2.24) is 5.32 Å². The minimum atomic E-state index is -0.505. The minimum absolute atomic E-state index is 0.0188. The molecule has 0 unspecified atom stereocenters. The van der Waals surface area contributed by atoms with Crippen molar-refractivity contribution in [3.63, 3.8) is 0 Å². The molecule has 1 amide bonds. The molecular weight excluding hydrogens is 254 g/mol. The molecule has 0 fully saturated rings. The summed E-state index contributed by atoms with van der Waals surface area (Å²) in [5.41, 5.74) is 1.00. The fourth-order valence-corrected chi connectivity index (χ4v) is 1.61. The zero-order chi connectivity index (χ0) is 15.2. The third-order valence-corrected chi connectivity index (χ3v) is 2.40. The lowest BCUT2D eigenvalue weighted by Gasteiger charge is -2.19. The van der Waals surface area contributed by atoms with E-state index in [1.54, 1.807) is 12.1 Å². The van der Waals surface area contributed by atoms with E-state index in [0.717, 1.165) is 5.56 Å². The van der Waals surface area contributed by atoms with Crippen molar-refractivity contribution in [2.75, 3.05) is 6.54 Å². The Morgan fingerprint density at radius 1 is 1.25 bits per heavy atom. The lowest BCUT2D eigenvalue weighted by Crippen LogP contribution is -2.32. The largest absolute Gasteiger partial charge is 0.444 e. The van der Waals surface area contributed by atoms with E-state index in [1.165, 1.54) is 6.92 Å². The normalized spacial score (nSPS) is 11.4. The highest BCUT2D eigenvalue weighted by Crippen LogP contribution is 2.11. The molecule has 0 radical (unpaired) electrons. The molecule has 0 atom stereocenters. The Hall–Kier alpha value is -2.10. The van der Waals surface area contributed by atoms with Gasteiger partial charge in [0.15, 0.2) is 5.78 Å². The smallest absolute Gasteiger partial charge is 0.407 e. The van der Waals surface area contributed by atoms with Crippen LogP contribution in [0, 0.1) is 0 Å². The summed E-state index contributed by atoms with van der Waals surface area (Å²) in [5, 5.41) is 2.63. The van der Waals surface area contributed by atoms with Gasteiger partial charge in [0.25, 0.3) is 0 Å². The van der Waals surface area contributed by atoms with Gasteiger partial charge in [-0.15, -0.1) is 0 Å². The van der Waals surface area contributed by atoms with Gasteiger partial charge in [-0.2, -0.15) is 0 Å². The molecule has 108 valence electrons. The monoisotopic (exact) mass is 275 g/mol.